The van der Waals surface area contributed by atoms with E-state index in [4.69, 9.17) is 0 Å². The summed E-state index contributed by atoms with van der Waals surface area (Å²) in [4.78, 5) is 5.79. The predicted octanol–water partition coefficient (Wildman–Crippen LogP) is 4.49. The van der Waals surface area contributed by atoms with Crippen molar-refractivity contribution < 1.29 is 0 Å². The molecule has 0 saturated carbocycles. The van der Waals surface area contributed by atoms with Gasteiger partial charge in [0.15, 0.2) is 0 Å². The Bertz CT molecular complexity index is 543. The number of nitrogens with one attached hydrogen (secondary N) is 1. The van der Waals surface area contributed by atoms with Crippen LogP contribution in [0.1, 0.15) is 36.2 Å². The molecule has 2 nitrogen and oxygen atoms in total. The van der Waals surface area contributed by atoms with Crippen molar-refractivity contribution in [3.63, 3.8) is 0 Å². The standard InChI is InChI=1S/C15H19BrN2S/c1-15(2,3)14-18-10-12(19-14)9-17-8-11-6-4-5-7-13(11)16/h4-7,10,17H,8-9H2,1-3H3. The fourth-order valence-electron chi connectivity index (χ4n) is 1.70. The maximum Gasteiger partial charge on any atom is 0.0981 e. The molecule has 1 aromatic carbocycles. The normalized spacial score (nSPS) is 11.8. The van der Waals surface area contributed by atoms with Crippen LogP contribution in [0.5, 0.6) is 0 Å². The molecular formula is C15H19BrN2S. The van der Waals surface area contributed by atoms with Crippen molar-refractivity contribution in [3.05, 3.63) is 50.4 Å². The van der Waals surface area contributed by atoms with Gasteiger partial charge in [-0.3, -0.25) is 0 Å². The number of hydrogen-bond acceptors (Lipinski definition) is 3. The third-order valence-electron chi connectivity index (χ3n) is 2.77. The average Bonchev–Trinajstić information content (AvgIpc) is 2.80. The van der Waals surface area contributed by atoms with Crippen molar-refractivity contribution >= 4 is 27.3 Å². The van der Waals surface area contributed by atoms with Crippen LogP contribution in [-0.2, 0) is 18.5 Å². The highest BCUT2D eigenvalue weighted by atomic mass is 79.9. The first kappa shape index (κ1) is 14.7. The molecule has 1 aromatic heterocycles. The summed E-state index contributed by atoms with van der Waals surface area (Å²) in [6, 6.07) is 8.30. The van der Waals surface area contributed by atoms with Crippen LogP contribution in [0.25, 0.3) is 0 Å². The van der Waals surface area contributed by atoms with E-state index in [-0.39, 0.29) is 5.41 Å². The third-order valence-corrected chi connectivity index (χ3v) is 4.96. The SMILES string of the molecule is CC(C)(C)c1ncc(CNCc2ccccc2Br)s1. The van der Waals surface area contributed by atoms with E-state index in [9.17, 15) is 0 Å². The number of rotatable bonds is 4. The van der Waals surface area contributed by atoms with Gasteiger partial charge in [0.1, 0.15) is 0 Å². The fourth-order valence-corrected chi connectivity index (χ4v) is 3.06. The van der Waals surface area contributed by atoms with E-state index in [1.165, 1.54) is 15.4 Å². The zero-order valence-electron chi connectivity index (χ0n) is 11.5. The lowest BCUT2D eigenvalue weighted by molar-refractivity contribution is 0.585. The van der Waals surface area contributed by atoms with Gasteiger partial charge in [0, 0.05) is 34.1 Å². The number of nitrogens with zero attached hydrogens (tertiary/aromatic N) is 1. The monoisotopic (exact) mass is 338 g/mol. The van der Waals surface area contributed by atoms with E-state index < -0.39 is 0 Å². The van der Waals surface area contributed by atoms with Crippen LogP contribution < -0.4 is 5.32 Å². The highest BCUT2D eigenvalue weighted by Crippen LogP contribution is 2.26. The third kappa shape index (κ3) is 4.13. The summed E-state index contributed by atoms with van der Waals surface area (Å²) >= 11 is 5.36. The molecule has 0 radical (unpaired) electrons. The largest absolute Gasteiger partial charge is 0.308 e. The lowest BCUT2D eigenvalue weighted by Gasteiger charge is -2.13. The van der Waals surface area contributed by atoms with Crippen LogP contribution >= 0.6 is 27.3 Å². The van der Waals surface area contributed by atoms with E-state index in [1.807, 2.05) is 12.3 Å². The minimum absolute atomic E-state index is 0.144. The Kier molecular flexibility index (Phi) is 4.76. The second-order valence-electron chi connectivity index (χ2n) is 5.58. The van der Waals surface area contributed by atoms with Crippen molar-refractivity contribution in [1.29, 1.82) is 0 Å². The molecule has 102 valence electrons. The van der Waals surface area contributed by atoms with Gasteiger partial charge in [-0.25, -0.2) is 4.98 Å². The lowest BCUT2D eigenvalue weighted by Crippen LogP contribution is -2.12. The minimum Gasteiger partial charge on any atom is -0.308 e. The molecule has 0 saturated heterocycles. The molecule has 4 heteroatoms. The Hall–Kier alpha value is -0.710. The maximum absolute atomic E-state index is 4.50. The molecule has 0 aliphatic rings. The van der Waals surface area contributed by atoms with Crippen LogP contribution in [0.4, 0.5) is 0 Å². The van der Waals surface area contributed by atoms with Gasteiger partial charge in [-0.15, -0.1) is 11.3 Å². The quantitative estimate of drug-likeness (QED) is 0.888. The lowest BCUT2D eigenvalue weighted by atomic mass is 9.98. The Balaban J connectivity index is 1.90. The topological polar surface area (TPSA) is 24.9 Å². The van der Waals surface area contributed by atoms with E-state index in [1.54, 1.807) is 11.3 Å². The molecule has 0 spiro atoms. The summed E-state index contributed by atoms with van der Waals surface area (Å²) < 4.78 is 1.15. The maximum atomic E-state index is 4.50. The first-order chi connectivity index (χ1) is 8.97. The van der Waals surface area contributed by atoms with Gasteiger partial charge in [0.25, 0.3) is 0 Å². The zero-order chi connectivity index (χ0) is 13.9. The predicted molar refractivity (Wildman–Crippen MR) is 85.5 cm³/mol. The van der Waals surface area contributed by atoms with E-state index in [2.05, 4.69) is 65.2 Å². The first-order valence-corrected chi connectivity index (χ1v) is 7.97. The second-order valence-corrected chi connectivity index (χ2v) is 7.55. The van der Waals surface area contributed by atoms with Crippen LogP contribution in [0.3, 0.4) is 0 Å². The summed E-state index contributed by atoms with van der Waals surface area (Å²) in [5.74, 6) is 0. The zero-order valence-corrected chi connectivity index (χ0v) is 13.9. The summed E-state index contributed by atoms with van der Waals surface area (Å²) in [5.41, 5.74) is 1.42. The van der Waals surface area contributed by atoms with Crippen LogP contribution in [0.2, 0.25) is 0 Å². The van der Waals surface area contributed by atoms with Crippen molar-refractivity contribution in [2.75, 3.05) is 0 Å². The number of hydrogen-bond donors (Lipinski definition) is 1. The highest BCUT2D eigenvalue weighted by molar-refractivity contribution is 9.10. The Morgan fingerprint density at radius 2 is 1.95 bits per heavy atom. The van der Waals surface area contributed by atoms with Gasteiger partial charge < -0.3 is 5.32 Å². The number of benzene rings is 1. The Morgan fingerprint density at radius 3 is 2.58 bits per heavy atom. The average molecular weight is 339 g/mol. The second kappa shape index (κ2) is 6.16. The highest BCUT2D eigenvalue weighted by Gasteiger charge is 2.17. The van der Waals surface area contributed by atoms with Crippen LogP contribution in [0, 0.1) is 0 Å². The van der Waals surface area contributed by atoms with Gasteiger partial charge in [-0.2, -0.15) is 0 Å². The van der Waals surface area contributed by atoms with Crippen LogP contribution in [0.15, 0.2) is 34.9 Å². The van der Waals surface area contributed by atoms with Crippen molar-refractivity contribution in [1.82, 2.24) is 10.3 Å². The molecule has 19 heavy (non-hydrogen) atoms. The van der Waals surface area contributed by atoms with E-state index in [0.717, 1.165) is 17.6 Å². The molecule has 2 aromatic rings. The summed E-state index contributed by atoms with van der Waals surface area (Å²) in [7, 11) is 0. The molecular weight excluding hydrogens is 320 g/mol. The Morgan fingerprint density at radius 1 is 1.21 bits per heavy atom. The molecule has 1 N–H and O–H groups in total. The van der Waals surface area contributed by atoms with E-state index >= 15 is 0 Å². The molecule has 0 amide bonds. The summed E-state index contributed by atoms with van der Waals surface area (Å²) in [5, 5.41) is 4.66. The van der Waals surface area contributed by atoms with Crippen LogP contribution in [-0.4, -0.2) is 4.98 Å². The first-order valence-electron chi connectivity index (χ1n) is 6.36. The van der Waals surface area contributed by atoms with Gasteiger partial charge in [0.05, 0.1) is 5.01 Å². The van der Waals surface area contributed by atoms with E-state index in [0.29, 0.717) is 0 Å². The smallest absolute Gasteiger partial charge is 0.0981 e. The number of aromatic nitrogens is 1. The van der Waals surface area contributed by atoms with Gasteiger partial charge >= 0.3 is 0 Å². The van der Waals surface area contributed by atoms with Crippen molar-refractivity contribution in [2.24, 2.45) is 0 Å². The van der Waals surface area contributed by atoms with Crippen molar-refractivity contribution in [2.45, 2.75) is 39.3 Å². The summed E-state index contributed by atoms with van der Waals surface area (Å²) in [6.07, 6.45) is 1.98. The minimum atomic E-state index is 0.144. The molecule has 0 aliphatic heterocycles. The number of halogens is 1. The number of thiazole rings is 1. The molecule has 0 aliphatic carbocycles. The van der Waals surface area contributed by atoms with Gasteiger partial charge in [0.2, 0.25) is 0 Å². The van der Waals surface area contributed by atoms with Gasteiger partial charge in [-0.05, 0) is 11.6 Å². The fraction of sp³-hybridized carbons (Fsp3) is 0.400. The van der Waals surface area contributed by atoms with Gasteiger partial charge in [-0.1, -0.05) is 54.9 Å². The molecule has 0 atom stereocenters. The molecule has 2 rings (SSSR count). The molecule has 1 heterocycles. The molecule has 0 bridgehead atoms. The summed E-state index contributed by atoms with van der Waals surface area (Å²) in [6.45, 7) is 8.33. The van der Waals surface area contributed by atoms with Crippen molar-refractivity contribution in [3.8, 4) is 0 Å². The molecule has 0 fully saturated rings. The Labute approximate surface area is 127 Å². The molecule has 0 unspecified atom stereocenters.